The van der Waals surface area contributed by atoms with Crippen LogP contribution in [0, 0.1) is 22.0 Å². The zero-order valence-corrected chi connectivity index (χ0v) is 16.0. The SMILES string of the molecule is COC(=O)c1cccc(C#Cc2cccc(NC(=O)c3ccc([N+](=O)[O-])s3)c2)c1. The van der Waals surface area contributed by atoms with Crippen LogP contribution in [0.5, 0.6) is 0 Å². The van der Waals surface area contributed by atoms with E-state index in [4.69, 9.17) is 4.74 Å². The summed E-state index contributed by atoms with van der Waals surface area (Å²) in [6, 6.07) is 16.4. The van der Waals surface area contributed by atoms with Crippen LogP contribution in [0.2, 0.25) is 0 Å². The van der Waals surface area contributed by atoms with E-state index >= 15 is 0 Å². The summed E-state index contributed by atoms with van der Waals surface area (Å²) in [4.78, 5) is 34.3. The molecule has 8 heteroatoms. The van der Waals surface area contributed by atoms with Crippen molar-refractivity contribution in [1.82, 2.24) is 0 Å². The second kappa shape index (κ2) is 8.82. The molecular weight excluding hydrogens is 392 g/mol. The van der Waals surface area contributed by atoms with Gasteiger partial charge in [-0.3, -0.25) is 14.9 Å². The molecule has 0 saturated carbocycles. The van der Waals surface area contributed by atoms with Crippen LogP contribution in [0.1, 0.15) is 31.2 Å². The number of nitro groups is 1. The Morgan fingerprint density at radius 1 is 1.03 bits per heavy atom. The van der Waals surface area contributed by atoms with Crippen molar-refractivity contribution in [2.45, 2.75) is 0 Å². The van der Waals surface area contributed by atoms with Gasteiger partial charge in [-0.15, -0.1) is 0 Å². The van der Waals surface area contributed by atoms with Crippen LogP contribution in [-0.4, -0.2) is 23.9 Å². The van der Waals surface area contributed by atoms with Crippen LogP contribution in [0.4, 0.5) is 10.7 Å². The first kappa shape index (κ1) is 19.8. The van der Waals surface area contributed by atoms with E-state index < -0.39 is 16.8 Å². The number of rotatable bonds is 4. The number of benzene rings is 2. The third kappa shape index (κ3) is 5.06. The van der Waals surface area contributed by atoms with Gasteiger partial charge in [0.25, 0.3) is 5.91 Å². The topological polar surface area (TPSA) is 98.5 Å². The molecule has 1 amide bonds. The van der Waals surface area contributed by atoms with Crippen molar-refractivity contribution < 1.29 is 19.2 Å². The fraction of sp³-hybridized carbons (Fsp3) is 0.0476. The molecule has 144 valence electrons. The molecule has 1 aromatic heterocycles. The first-order chi connectivity index (χ1) is 14.0. The Labute approximate surface area is 170 Å². The number of methoxy groups -OCH3 is 1. The van der Waals surface area contributed by atoms with E-state index in [0.29, 0.717) is 22.4 Å². The van der Waals surface area contributed by atoms with E-state index in [0.717, 1.165) is 11.3 Å². The van der Waals surface area contributed by atoms with Crippen LogP contribution in [-0.2, 0) is 4.74 Å². The van der Waals surface area contributed by atoms with Gasteiger partial charge in [0.15, 0.2) is 0 Å². The highest BCUT2D eigenvalue weighted by atomic mass is 32.1. The number of anilines is 1. The lowest BCUT2D eigenvalue weighted by Gasteiger charge is -2.03. The molecule has 3 aromatic rings. The molecule has 3 rings (SSSR count). The Kier molecular flexibility index (Phi) is 6.02. The van der Waals surface area contributed by atoms with E-state index in [1.54, 1.807) is 48.5 Å². The molecule has 0 radical (unpaired) electrons. The van der Waals surface area contributed by atoms with Crippen LogP contribution < -0.4 is 5.32 Å². The molecule has 0 spiro atoms. The van der Waals surface area contributed by atoms with Gasteiger partial charge in [0.05, 0.1) is 22.5 Å². The minimum absolute atomic E-state index is 0.0936. The Bertz CT molecular complexity index is 1160. The highest BCUT2D eigenvalue weighted by Crippen LogP contribution is 2.24. The Balaban J connectivity index is 1.75. The van der Waals surface area contributed by atoms with Crippen LogP contribution in [0.15, 0.2) is 60.7 Å². The second-order valence-corrected chi connectivity index (χ2v) is 6.81. The molecule has 7 nitrogen and oxygen atoms in total. The maximum atomic E-state index is 12.3. The average molecular weight is 406 g/mol. The lowest BCUT2D eigenvalue weighted by molar-refractivity contribution is -0.380. The van der Waals surface area contributed by atoms with Crippen molar-refractivity contribution in [3.05, 3.63) is 92.3 Å². The van der Waals surface area contributed by atoms with E-state index in [1.807, 2.05) is 0 Å². The van der Waals surface area contributed by atoms with Gasteiger partial charge in [-0.1, -0.05) is 35.3 Å². The zero-order valence-electron chi connectivity index (χ0n) is 15.2. The second-order valence-electron chi connectivity index (χ2n) is 5.75. The summed E-state index contributed by atoms with van der Waals surface area (Å²) >= 11 is 0.809. The first-order valence-corrected chi connectivity index (χ1v) is 9.14. The van der Waals surface area contributed by atoms with E-state index in [2.05, 4.69) is 17.2 Å². The van der Waals surface area contributed by atoms with Gasteiger partial charge in [-0.25, -0.2) is 4.79 Å². The normalized spacial score (nSPS) is 9.83. The molecule has 1 heterocycles. The number of nitrogens with one attached hydrogen (secondary N) is 1. The molecule has 1 N–H and O–H groups in total. The minimum atomic E-state index is -0.535. The number of carbonyl (C=O) groups is 2. The molecule has 0 unspecified atom stereocenters. The number of hydrogen-bond donors (Lipinski definition) is 1. The van der Waals surface area contributed by atoms with Crippen LogP contribution in [0.3, 0.4) is 0 Å². The lowest BCUT2D eigenvalue weighted by atomic mass is 10.1. The van der Waals surface area contributed by atoms with E-state index in [1.165, 1.54) is 19.2 Å². The molecule has 0 fully saturated rings. The van der Waals surface area contributed by atoms with Crippen molar-refractivity contribution in [2.75, 3.05) is 12.4 Å². The standard InChI is InChI=1S/C21H14N2O5S/c1-28-21(25)16-6-2-4-14(12-16)8-9-15-5-3-7-17(13-15)22-20(24)18-10-11-19(29-18)23(26)27/h2-7,10-13H,1H3,(H,22,24). The van der Waals surface area contributed by atoms with E-state index in [-0.39, 0.29) is 9.88 Å². The zero-order chi connectivity index (χ0) is 20.8. The van der Waals surface area contributed by atoms with Gasteiger partial charge in [0.1, 0.15) is 0 Å². The molecule has 0 aliphatic rings. The van der Waals surface area contributed by atoms with Crippen molar-refractivity contribution in [3.8, 4) is 11.8 Å². The third-order valence-electron chi connectivity index (χ3n) is 3.75. The number of hydrogen-bond acceptors (Lipinski definition) is 6. The maximum Gasteiger partial charge on any atom is 0.337 e. The smallest absolute Gasteiger partial charge is 0.337 e. The molecule has 0 atom stereocenters. The summed E-state index contributed by atoms with van der Waals surface area (Å²) in [7, 11) is 1.31. The van der Waals surface area contributed by atoms with Crippen LogP contribution in [0.25, 0.3) is 0 Å². The highest BCUT2D eigenvalue weighted by molar-refractivity contribution is 7.17. The third-order valence-corrected chi connectivity index (χ3v) is 4.79. The number of nitrogens with zero attached hydrogens (tertiary/aromatic N) is 1. The summed E-state index contributed by atoms with van der Waals surface area (Å²) < 4.78 is 4.69. The van der Waals surface area contributed by atoms with Crippen molar-refractivity contribution in [3.63, 3.8) is 0 Å². The largest absolute Gasteiger partial charge is 0.465 e. The van der Waals surface area contributed by atoms with Crippen LogP contribution >= 0.6 is 11.3 Å². The van der Waals surface area contributed by atoms with Gasteiger partial charge in [-0.05, 0) is 42.5 Å². The summed E-state index contributed by atoms with van der Waals surface area (Å²) in [6.45, 7) is 0. The molecule has 29 heavy (non-hydrogen) atoms. The quantitative estimate of drug-likeness (QED) is 0.304. The van der Waals surface area contributed by atoms with Gasteiger partial charge < -0.3 is 10.1 Å². The summed E-state index contributed by atoms with van der Waals surface area (Å²) in [6.07, 6.45) is 0. The molecule has 2 aromatic carbocycles. The Morgan fingerprint density at radius 3 is 2.38 bits per heavy atom. The number of esters is 1. The predicted molar refractivity (Wildman–Crippen MR) is 109 cm³/mol. The maximum absolute atomic E-state index is 12.3. The molecule has 0 saturated heterocycles. The van der Waals surface area contributed by atoms with Crippen molar-refractivity contribution in [1.29, 1.82) is 0 Å². The molecule has 0 aliphatic carbocycles. The van der Waals surface area contributed by atoms with Gasteiger partial charge >= 0.3 is 11.0 Å². The number of carbonyl (C=O) groups excluding carboxylic acids is 2. The fourth-order valence-corrected chi connectivity index (χ4v) is 3.12. The molecule has 0 bridgehead atoms. The first-order valence-electron chi connectivity index (χ1n) is 8.32. The average Bonchev–Trinajstić information content (AvgIpc) is 3.23. The summed E-state index contributed by atoms with van der Waals surface area (Å²) in [5.41, 5.74) is 2.23. The Hall–Kier alpha value is -3.96. The fourth-order valence-electron chi connectivity index (χ4n) is 2.40. The van der Waals surface area contributed by atoms with E-state index in [9.17, 15) is 19.7 Å². The molecular formula is C21H14N2O5S. The number of ether oxygens (including phenoxy) is 1. The van der Waals surface area contributed by atoms with Crippen molar-refractivity contribution >= 4 is 33.9 Å². The summed E-state index contributed by atoms with van der Waals surface area (Å²) in [5.74, 6) is 5.07. The van der Waals surface area contributed by atoms with Crippen molar-refractivity contribution in [2.24, 2.45) is 0 Å². The summed E-state index contributed by atoms with van der Waals surface area (Å²) in [5, 5.41) is 13.4. The highest BCUT2D eigenvalue weighted by Gasteiger charge is 2.15. The van der Waals surface area contributed by atoms with Gasteiger partial charge in [-0.2, -0.15) is 0 Å². The Morgan fingerprint density at radius 2 is 1.72 bits per heavy atom. The minimum Gasteiger partial charge on any atom is -0.465 e. The van der Waals surface area contributed by atoms with Gasteiger partial charge in [0.2, 0.25) is 0 Å². The molecule has 0 aliphatic heterocycles. The monoisotopic (exact) mass is 406 g/mol. The lowest BCUT2D eigenvalue weighted by Crippen LogP contribution is -2.10. The van der Waals surface area contributed by atoms with Gasteiger partial charge in [0, 0.05) is 22.9 Å². The number of amides is 1. The predicted octanol–water partition coefficient (Wildman–Crippen LogP) is 4.10. The number of thiophene rings is 1.